The average Bonchev–Trinajstić information content (AvgIpc) is 2.80. The van der Waals surface area contributed by atoms with E-state index in [9.17, 15) is 5.11 Å². The van der Waals surface area contributed by atoms with Crippen LogP contribution in [0.2, 0.25) is 0 Å². The Labute approximate surface area is 113 Å². The predicted molar refractivity (Wildman–Crippen MR) is 81.1 cm³/mol. The molecule has 1 heterocycles. The Hall–Kier alpha value is -1.71. The number of rotatable bonds is 2. The van der Waals surface area contributed by atoms with Gasteiger partial charge in [0, 0.05) is 11.6 Å². The van der Waals surface area contributed by atoms with Crippen LogP contribution in [0.3, 0.4) is 0 Å². The number of phenols is 1. The molecule has 0 aliphatic heterocycles. The molecule has 0 bridgehead atoms. The first-order valence-electron chi connectivity index (χ1n) is 5.61. The lowest BCUT2D eigenvalue weighted by Gasteiger charge is -1.94. The van der Waals surface area contributed by atoms with Crippen LogP contribution >= 0.6 is 22.7 Å². The first-order chi connectivity index (χ1) is 8.83. The van der Waals surface area contributed by atoms with E-state index >= 15 is 0 Å². The number of phenolic OH excluding ortho intramolecular Hbond substituents is 1. The summed E-state index contributed by atoms with van der Waals surface area (Å²) in [5, 5.41) is 9.68. The van der Waals surface area contributed by atoms with Gasteiger partial charge in [0.2, 0.25) is 0 Å². The van der Waals surface area contributed by atoms with Gasteiger partial charge in [-0.15, -0.1) is 0 Å². The fourth-order valence-electron chi connectivity index (χ4n) is 1.71. The first kappa shape index (κ1) is 11.4. The molecule has 0 radical (unpaired) electrons. The van der Waals surface area contributed by atoms with Gasteiger partial charge in [0.25, 0.3) is 4.19 Å². The van der Waals surface area contributed by atoms with E-state index in [1.165, 1.54) is 13.6 Å². The highest BCUT2D eigenvalue weighted by molar-refractivity contribution is 7.39. The van der Waals surface area contributed by atoms with Gasteiger partial charge in [-0.2, -0.15) is 0 Å². The van der Waals surface area contributed by atoms with Gasteiger partial charge in [-0.1, -0.05) is 30.3 Å². The van der Waals surface area contributed by atoms with Gasteiger partial charge in [-0.3, -0.25) is 0 Å². The van der Waals surface area contributed by atoms with Gasteiger partial charge in [0.1, 0.15) is 5.75 Å². The van der Waals surface area contributed by atoms with Gasteiger partial charge in [-0.25, -0.2) is 0 Å². The first-order valence-corrected chi connectivity index (χ1v) is 7.24. The smallest absolute Gasteiger partial charge is 0.279 e. The van der Waals surface area contributed by atoms with Crippen LogP contribution in [0.5, 0.6) is 5.75 Å². The minimum atomic E-state index is 0.319. The van der Waals surface area contributed by atoms with Crippen LogP contribution < -0.4 is 0 Å². The Morgan fingerprint density at radius 1 is 0.944 bits per heavy atom. The molecule has 0 fully saturated rings. The number of hydrogen-bond donors (Lipinski definition) is 1. The van der Waals surface area contributed by atoms with E-state index in [1.54, 1.807) is 28.7 Å². The van der Waals surface area contributed by atoms with E-state index in [0.29, 0.717) is 5.75 Å². The summed E-state index contributed by atoms with van der Waals surface area (Å²) in [6.45, 7) is 0. The maximum Gasteiger partial charge on any atom is 0.279 e. The number of benzene rings is 2. The molecule has 1 aromatic heterocycles. The molecule has 88 valence electrons. The summed E-state index contributed by atoms with van der Waals surface area (Å²) in [7, 11) is 0. The Morgan fingerprint density at radius 2 is 1.72 bits per heavy atom. The Bertz CT molecular complexity index is 680. The molecule has 0 saturated heterocycles. The summed E-state index contributed by atoms with van der Waals surface area (Å²) in [5.41, 5.74) is 0.849. The summed E-state index contributed by atoms with van der Waals surface area (Å²) in [6, 6.07) is 15.7. The van der Waals surface area contributed by atoms with Crippen molar-refractivity contribution in [2.45, 2.75) is 0 Å². The highest BCUT2D eigenvalue weighted by Crippen LogP contribution is 2.32. The standard InChI is InChI=1S/C15H10OS2/c16-12-6-2-1-5-11(12)9-10-15-17-13-7-3-4-8-14(13)18-15/h1-10H/p+1/b10-9+. The third-order valence-corrected chi connectivity index (χ3v) is 5.06. The van der Waals surface area contributed by atoms with Gasteiger partial charge >= 0.3 is 0 Å². The van der Waals surface area contributed by atoms with E-state index in [0.717, 1.165) is 5.56 Å². The number of para-hydroxylation sites is 1. The van der Waals surface area contributed by atoms with Crippen molar-refractivity contribution in [3.05, 3.63) is 58.3 Å². The molecule has 2 aromatic carbocycles. The van der Waals surface area contributed by atoms with E-state index in [1.807, 2.05) is 24.3 Å². The van der Waals surface area contributed by atoms with Crippen molar-refractivity contribution in [3.63, 3.8) is 0 Å². The second-order valence-corrected chi connectivity index (χ2v) is 6.29. The Kier molecular flexibility index (Phi) is 3.09. The Morgan fingerprint density at radius 3 is 2.56 bits per heavy atom. The molecule has 0 unspecified atom stereocenters. The van der Waals surface area contributed by atoms with Crippen LogP contribution in [-0.2, 0) is 0 Å². The number of hydrogen-bond acceptors (Lipinski definition) is 2. The van der Waals surface area contributed by atoms with Gasteiger partial charge < -0.3 is 5.11 Å². The van der Waals surface area contributed by atoms with Crippen LogP contribution in [0.25, 0.3) is 21.6 Å². The lowest BCUT2D eigenvalue weighted by molar-refractivity contribution is 0.474. The maximum absolute atomic E-state index is 9.68. The fourth-order valence-corrected chi connectivity index (χ4v) is 4.00. The summed E-state index contributed by atoms with van der Waals surface area (Å²) >= 11 is 3.54. The molecule has 0 aliphatic rings. The fraction of sp³-hybridized carbons (Fsp3) is 0. The maximum atomic E-state index is 9.68. The molecule has 1 N–H and O–H groups in total. The SMILES string of the molecule is Oc1ccccc1/C=C/c1sc2ccccc2[s+]1. The molecule has 0 amide bonds. The zero-order valence-electron chi connectivity index (χ0n) is 9.54. The van der Waals surface area contributed by atoms with Gasteiger partial charge in [0.15, 0.2) is 9.40 Å². The monoisotopic (exact) mass is 271 g/mol. The van der Waals surface area contributed by atoms with Crippen molar-refractivity contribution in [1.29, 1.82) is 0 Å². The van der Waals surface area contributed by atoms with Crippen LogP contribution in [0.15, 0.2) is 48.5 Å². The van der Waals surface area contributed by atoms with Crippen LogP contribution in [-0.4, -0.2) is 5.11 Å². The molecular formula is C15H11OS2+. The normalized spacial score (nSPS) is 11.3. The second kappa shape index (κ2) is 4.88. The van der Waals surface area contributed by atoms with E-state index in [2.05, 4.69) is 30.3 Å². The molecule has 3 aromatic rings. The third kappa shape index (κ3) is 2.28. The quantitative estimate of drug-likeness (QED) is 0.641. The highest BCUT2D eigenvalue weighted by atomic mass is 32.2. The summed E-state index contributed by atoms with van der Waals surface area (Å²) in [6.07, 6.45) is 4.01. The molecule has 0 aliphatic carbocycles. The van der Waals surface area contributed by atoms with Crippen molar-refractivity contribution in [3.8, 4) is 5.75 Å². The molecular weight excluding hydrogens is 260 g/mol. The van der Waals surface area contributed by atoms with E-state index < -0.39 is 0 Å². The van der Waals surface area contributed by atoms with Gasteiger partial charge in [-0.05, 0) is 24.3 Å². The minimum absolute atomic E-state index is 0.319. The van der Waals surface area contributed by atoms with Crippen molar-refractivity contribution < 1.29 is 5.11 Å². The molecule has 18 heavy (non-hydrogen) atoms. The van der Waals surface area contributed by atoms with Crippen molar-refractivity contribution >= 4 is 44.2 Å². The third-order valence-electron chi connectivity index (χ3n) is 2.61. The molecule has 0 spiro atoms. The van der Waals surface area contributed by atoms with Crippen molar-refractivity contribution in [2.75, 3.05) is 0 Å². The summed E-state index contributed by atoms with van der Waals surface area (Å²) < 4.78 is 3.85. The molecule has 1 nitrogen and oxygen atoms in total. The predicted octanol–water partition coefficient (Wildman–Crippen LogP) is 5.12. The summed E-state index contributed by atoms with van der Waals surface area (Å²) in [5.74, 6) is 0.319. The molecule has 0 saturated carbocycles. The highest BCUT2D eigenvalue weighted by Gasteiger charge is 2.12. The number of fused-ring (bicyclic) bond motifs is 1. The lowest BCUT2D eigenvalue weighted by Crippen LogP contribution is -1.71. The largest absolute Gasteiger partial charge is 0.507 e. The number of aromatic hydroxyl groups is 1. The topological polar surface area (TPSA) is 20.2 Å². The Balaban J connectivity index is 1.95. The van der Waals surface area contributed by atoms with Crippen LogP contribution in [0.4, 0.5) is 0 Å². The minimum Gasteiger partial charge on any atom is -0.507 e. The zero-order chi connectivity index (χ0) is 12.4. The van der Waals surface area contributed by atoms with Crippen LogP contribution in [0.1, 0.15) is 9.75 Å². The van der Waals surface area contributed by atoms with Crippen LogP contribution in [0, 0.1) is 0 Å². The van der Waals surface area contributed by atoms with Gasteiger partial charge in [0.05, 0.1) is 22.7 Å². The van der Waals surface area contributed by atoms with Crippen molar-refractivity contribution in [1.82, 2.24) is 0 Å². The average molecular weight is 271 g/mol. The van der Waals surface area contributed by atoms with E-state index in [-0.39, 0.29) is 0 Å². The van der Waals surface area contributed by atoms with Crippen molar-refractivity contribution in [2.24, 2.45) is 0 Å². The molecule has 3 rings (SSSR count). The lowest BCUT2D eigenvalue weighted by atomic mass is 10.2. The second-order valence-electron chi connectivity index (χ2n) is 3.86. The van der Waals surface area contributed by atoms with E-state index in [4.69, 9.17) is 0 Å². The summed E-state index contributed by atoms with van der Waals surface area (Å²) in [4.78, 5) is 0. The zero-order valence-corrected chi connectivity index (χ0v) is 11.2. The molecule has 0 atom stereocenters. The molecule has 3 heteroatoms.